The van der Waals surface area contributed by atoms with Crippen LogP contribution >= 0.6 is 0 Å². The summed E-state index contributed by atoms with van der Waals surface area (Å²) in [4.78, 5) is 6.23. The predicted octanol–water partition coefficient (Wildman–Crippen LogP) is 3.30. The maximum Gasteiger partial charge on any atom is 0.416 e. The third-order valence-corrected chi connectivity index (χ3v) is 6.24. The smallest absolute Gasteiger partial charge is 0.416 e. The normalized spacial score (nSPS) is 16.3. The minimum atomic E-state index is -4.61. The number of oxazole rings is 1. The Labute approximate surface area is 170 Å². The largest absolute Gasteiger partial charge is 0.508 e. The average molecular weight is 441 g/mol. The van der Waals surface area contributed by atoms with E-state index < -0.39 is 27.5 Å². The number of benzene rings is 2. The van der Waals surface area contributed by atoms with Crippen molar-refractivity contribution in [2.45, 2.75) is 6.18 Å². The first-order valence-corrected chi connectivity index (χ1v) is 10.9. The summed E-state index contributed by atoms with van der Waals surface area (Å²) in [5.74, 6) is -0.572. The van der Waals surface area contributed by atoms with E-state index in [1.54, 1.807) is 18.2 Å². The van der Waals surface area contributed by atoms with Gasteiger partial charge in [-0.1, -0.05) is 0 Å². The number of rotatable bonds is 3. The van der Waals surface area contributed by atoms with Crippen molar-refractivity contribution < 1.29 is 31.1 Å². The van der Waals surface area contributed by atoms with E-state index in [2.05, 4.69) is 4.98 Å². The van der Waals surface area contributed by atoms with Gasteiger partial charge >= 0.3 is 6.18 Å². The van der Waals surface area contributed by atoms with Gasteiger partial charge in [-0.25, -0.2) is 13.4 Å². The number of sulfonamides is 1. The van der Waals surface area contributed by atoms with E-state index >= 15 is 0 Å². The molecule has 0 radical (unpaired) electrons. The van der Waals surface area contributed by atoms with Crippen molar-refractivity contribution in [3.05, 3.63) is 42.0 Å². The van der Waals surface area contributed by atoms with Crippen LogP contribution in [-0.2, 0) is 16.2 Å². The van der Waals surface area contributed by atoms with Crippen LogP contribution in [0.1, 0.15) is 5.56 Å². The Morgan fingerprint density at radius 1 is 1.07 bits per heavy atom. The summed E-state index contributed by atoms with van der Waals surface area (Å²) in [5.41, 5.74) is 0.654. The minimum Gasteiger partial charge on any atom is -0.508 e. The van der Waals surface area contributed by atoms with Gasteiger partial charge in [0.25, 0.3) is 0 Å². The van der Waals surface area contributed by atoms with Gasteiger partial charge in [0, 0.05) is 43.5 Å². The molecule has 0 saturated carbocycles. The van der Waals surface area contributed by atoms with Crippen molar-refractivity contribution in [1.29, 1.82) is 0 Å². The standard InChI is InChI=1S/C19H18F3N3O4S/c1-30(27,28)25-6-4-24(5-7-25)14-2-3-16-17(11-14)29-18(23-16)12-8-13(19(20,21)22)10-15(26)9-12/h2-3,8-11,26H,4-7H2,1H3. The first-order chi connectivity index (χ1) is 14.0. The number of aromatic hydroxyl groups is 1. The van der Waals surface area contributed by atoms with Crippen molar-refractivity contribution >= 4 is 26.8 Å². The molecule has 0 atom stereocenters. The van der Waals surface area contributed by atoms with Crippen molar-refractivity contribution in [3.8, 4) is 17.2 Å². The highest BCUT2D eigenvalue weighted by atomic mass is 32.2. The molecule has 1 aromatic heterocycles. The number of nitrogens with zero attached hydrogens (tertiary/aromatic N) is 3. The van der Waals surface area contributed by atoms with Crippen molar-refractivity contribution in [3.63, 3.8) is 0 Å². The zero-order valence-corrected chi connectivity index (χ0v) is 16.7. The molecule has 1 fully saturated rings. The molecule has 1 saturated heterocycles. The lowest BCUT2D eigenvalue weighted by Gasteiger charge is -2.34. The first-order valence-electron chi connectivity index (χ1n) is 9.03. The van der Waals surface area contributed by atoms with Crippen LogP contribution in [-0.4, -0.2) is 55.2 Å². The van der Waals surface area contributed by atoms with Gasteiger partial charge < -0.3 is 14.4 Å². The van der Waals surface area contributed by atoms with Crippen LogP contribution in [0.25, 0.3) is 22.6 Å². The van der Waals surface area contributed by atoms with E-state index in [0.717, 1.165) is 17.8 Å². The third-order valence-electron chi connectivity index (χ3n) is 4.94. The average Bonchev–Trinajstić information content (AvgIpc) is 3.09. The number of phenolic OH excluding ortho intramolecular Hbond substituents is 1. The third kappa shape index (κ3) is 4.08. The molecular weight excluding hydrogens is 423 g/mol. The number of aromatic nitrogens is 1. The van der Waals surface area contributed by atoms with E-state index in [0.29, 0.717) is 43.3 Å². The summed E-state index contributed by atoms with van der Waals surface area (Å²) in [6.45, 7) is 1.73. The fraction of sp³-hybridized carbons (Fsp3) is 0.316. The number of phenols is 1. The van der Waals surface area contributed by atoms with E-state index in [1.807, 2.05) is 4.90 Å². The quantitative estimate of drug-likeness (QED) is 0.671. The van der Waals surface area contributed by atoms with E-state index in [-0.39, 0.29) is 11.5 Å². The highest BCUT2D eigenvalue weighted by Gasteiger charge is 2.32. The molecule has 0 bridgehead atoms. The summed E-state index contributed by atoms with van der Waals surface area (Å²) in [7, 11) is -3.23. The Hall–Kier alpha value is -2.79. The predicted molar refractivity (Wildman–Crippen MR) is 105 cm³/mol. The van der Waals surface area contributed by atoms with Gasteiger partial charge in [-0.05, 0) is 30.3 Å². The molecular formula is C19H18F3N3O4S. The van der Waals surface area contributed by atoms with Crippen LogP contribution in [0.2, 0.25) is 0 Å². The van der Waals surface area contributed by atoms with Gasteiger partial charge in [0.2, 0.25) is 15.9 Å². The van der Waals surface area contributed by atoms with Crippen LogP contribution in [0.4, 0.5) is 18.9 Å². The number of anilines is 1. The molecule has 0 aliphatic carbocycles. The molecule has 0 amide bonds. The summed E-state index contributed by atoms with van der Waals surface area (Å²) < 4.78 is 69.4. The highest BCUT2D eigenvalue weighted by molar-refractivity contribution is 7.88. The molecule has 3 aromatic rings. The molecule has 1 aliphatic rings. The van der Waals surface area contributed by atoms with Gasteiger partial charge in [-0.3, -0.25) is 0 Å². The minimum absolute atomic E-state index is 0.0156. The van der Waals surface area contributed by atoms with Crippen LogP contribution in [0.5, 0.6) is 5.75 Å². The zero-order chi connectivity index (χ0) is 21.7. The molecule has 2 heterocycles. The molecule has 4 rings (SSSR count). The number of hydrogen-bond donors (Lipinski definition) is 1. The van der Waals surface area contributed by atoms with Gasteiger partial charge in [0.05, 0.1) is 11.8 Å². The van der Waals surface area contributed by atoms with E-state index in [9.17, 15) is 26.7 Å². The fourth-order valence-corrected chi connectivity index (χ4v) is 4.24. The van der Waals surface area contributed by atoms with Crippen LogP contribution in [0.15, 0.2) is 40.8 Å². The maximum absolute atomic E-state index is 13.0. The molecule has 11 heteroatoms. The van der Waals surface area contributed by atoms with Crippen molar-refractivity contribution in [1.82, 2.24) is 9.29 Å². The molecule has 1 N–H and O–H groups in total. The fourth-order valence-electron chi connectivity index (χ4n) is 3.41. The molecule has 2 aromatic carbocycles. The van der Waals surface area contributed by atoms with Crippen LogP contribution in [0.3, 0.4) is 0 Å². The summed E-state index contributed by atoms with van der Waals surface area (Å²) >= 11 is 0. The van der Waals surface area contributed by atoms with Gasteiger partial charge in [0.1, 0.15) is 11.3 Å². The van der Waals surface area contributed by atoms with E-state index in [4.69, 9.17) is 4.42 Å². The van der Waals surface area contributed by atoms with Crippen molar-refractivity contribution in [2.24, 2.45) is 0 Å². The molecule has 0 unspecified atom stereocenters. The number of piperazine rings is 1. The zero-order valence-electron chi connectivity index (χ0n) is 15.8. The monoisotopic (exact) mass is 441 g/mol. The lowest BCUT2D eigenvalue weighted by molar-refractivity contribution is -0.137. The SMILES string of the molecule is CS(=O)(=O)N1CCN(c2ccc3nc(-c4cc(O)cc(C(F)(F)F)c4)oc3c2)CC1. The van der Waals surface area contributed by atoms with Crippen LogP contribution < -0.4 is 4.90 Å². The lowest BCUT2D eigenvalue weighted by atomic mass is 10.1. The van der Waals surface area contributed by atoms with Gasteiger partial charge in [-0.2, -0.15) is 17.5 Å². The Balaban J connectivity index is 1.62. The number of hydrogen-bond acceptors (Lipinski definition) is 6. The molecule has 30 heavy (non-hydrogen) atoms. The lowest BCUT2D eigenvalue weighted by Crippen LogP contribution is -2.48. The molecule has 160 valence electrons. The Bertz CT molecular complexity index is 1200. The summed E-state index contributed by atoms with van der Waals surface area (Å²) in [5, 5.41) is 9.66. The second kappa shape index (κ2) is 7.17. The molecule has 7 nitrogen and oxygen atoms in total. The molecule has 1 aliphatic heterocycles. The summed E-state index contributed by atoms with van der Waals surface area (Å²) in [6.07, 6.45) is -3.43. The van der Waals surface area contributed by atoms with Gasteiger partial charge in [-0.15, -0.1) is 0 Å². The highest BCUT2D eigenvalue weighted by Crippen LogP contribution is 2.36. The Kier molecular flexibility index (Phi) is 4.89. The Morgan fingerprint density at radius 2 is 1.77 bits per heavy atom. The topological polar surface area (TPSA) is 86.9 Å². The second-order valence-electron chi connectivity index (χ2n) is 7.09. The van der Waals surface area contributed by atoms with Crippen molar-refractivity contribution in [2.75, 3.05) is 37.3 Å². The Morgan fingerprint density at radius 3 is 2.40 bits per heavy atom. The van der Waals surface area contributed by atoms with Gasteiger partial charge in [0.15, 0.2) is 5.58 Å². The maximum atomic E-state index is 13.0. The summed E-state index contributed by atoms with van der Waals surface area (Å²) in [6, 6.07) is 7.87. The first kappa shape index (κ1) is 20.5. The number of alkyl halides is 3. The van der Waals surface area contributed by atoms with Crippen LogP contribution in [0, 0.1) is 0 Å². The number of halogens is 3. The van der Waals surface area contributed by atoms with E-state index in [1.165, 1.54) is 10.6 Å². The molecule has 0 spiro atoms. The second-order valence-corrected chi connectivity index (χ2v) is 9.07. The number of fused-ring (bicyclic) bond motifs is 1.